The summed E-state index contributed by atoms with van der Waals surface area (Å²) in [7, 11) is 1.36. The zero-order valence-corrected chi connectivity index (χ0v) is 21.6. The number of nitrogens with one attached hydrogen (secondary N) is 1. The Balaban J connectivity index is 1.71. The van der Waals surface area contributed by atoms with Crippen LogP contribution >= 0.6 is 0 Å². The molecule has 0 aliphatic rings. The molecule has 10 heteroatoms. The third kappa shape index (κ3) is 7.95. The van der Waals surface area contributed by atoms with Crippen molar-refractivity contribution in [1.29, 1.82) is 0 Å². The minimum absolute atomic E-state index is 0.0124. The lowest BCUT2D eigenvalue weighted by Crippen LogP contribution is -2.45. The maximum absolute atomic E-state index is 13.0. The van der Waals surface area contributed by atoms with E-state index in [0.717, 1.165) is 0 Å². The number of nitrogens with zero attached hydrogens (tertiary/aromatic N) is 1. The van der Waals surface area contributed by atoms with E-state index in [0.29, 0.717) is 11.5 Å². The summed E-state index contributed by atoms with van der Waals surface area (Å²) in [6.07, 6.45) is -0.0686. The Morgan fingerprint density at radius 3 is 2.16 bits per heavy atom. The van der Waals surface area contributed by atoms with Gasteiger partial charge in [0.15, 0.2) is 17.5 Å². The van der Waals surface area contributed by atoms with Crippen molar-refractivity contribution in [2.45, 2.75) is 39.0 Å². The fourth-order valence-corrected chi connectivity index (χ4v) is 3.32. The van der Waals surface area contributed by atoms with Crippen molar-refractivity contribution in [1.82, 2.24) is 10.3 Å². The summed E-state index contributed by atoms with van der Waals surface area (Å²) in [5.41, 5.74) is -0.219. The molecular weight excluding hydrogens is 492 g/mol. The fraction of sp³-hybridized carbons (Fsp3) is 0.286. The highest BCUT2D eigenvalue weighted by atomic mass is 16.6. The first-order valence-corrected chi connectivity index (χ1v) is 11.9. The number of para-hydroxylation sites is 2. The van der Waals surface area contributed by atoms with E-state index >= 15 is 0 Å². The monoisotopic (exact) mass is 522 g/mol. The molecule has 0 unspecified atom stereocenters. The van der Waals surface area contributed by atoms with Crippen LogP contribution in [0.2, 0.25) is 0 Å². The van der Waals surface area contributed by atoms with Gasteiger partial charge >= 0.3 is 11.9 Å². The van der Waals surface area contributed by atoms with E-state index in [4.69, 9.17) is 23.7 Å². The van der Waals surface area contributed by atoms with Crippen LogP contribution in [0.5, 0.6) is 23.0 Å². The standard InChI is InChI=1S/C28H30N2O8/c1-18(30-27(32)25-26(37-20(3)31)23(34-4)15-16-29-25)28(33)38-24(17-35-21-11-7-5-8-12-21)19(2)36-22-13-9-6-10-14-22/h5-16,18-19,24H,17H2,1-4H3,(H,30,32)/t18-,19-,24+/m0/s1. The minimum Gasteiger partial charge on any atom is -0.493 e. The molecule has 1 amide bonds. The summed E-state index contributed by atoms with van der Waals surface area (Å²) in [4.78, 5) is 41.4. The van der Waals surface area contributed by atoms with Gasteiger partial charge in [-0.15, -0.1) is 0 Å². The van der Waals surface area contributed by atoms with Gasteiger partial charge in [-0.25, -0.2) is 9.78 Å². The second kappa shape index (κ2) is 13.6. The minimum atomic E-state index is -1.08. The zero-order chi connectivity index (χ0) is 27.5. The normalized spacial score (nSPS) is 12.8. The number of rotatable bonds is 12. The predicted molar refractivity (Wildman–Crippen MR) is 137 cm³/mol. The van der Waals surface area contributed by atoms with Crippen LogP contribution in [-0.2, 0) is 14.3 Å². The molecule has 0 fully saturated rings. The van der Waals surface area contributed by atoms with Crippen LogP contribution < -0.4 is 24.3 Å². The van der Waals surface area contributed by atoms with Gasteiger partial charge in [-0.3, -0.25) is 9.59 Å². The van der Waals surface area contributed by atoms with E-state index in [1.54, 1.807) is 31.2 Å². The van der Waals surface area contributed by atoms with Gasteiger partial charge in [-0.05, 0) is 38.1 Å². The highest BCUT2D eigenvalue weighted by molar-refractivity contribution is 5.98. The van der Waals surface area contributed by atoms with Crippen LogP contribution in [0, 0.1) is 0 Å². The van der Waals surface area contributed by atoms with Crippen molar-refractivity contribution in [2.24, 2.45) is 0 Å². The van der Waals surface area contributed by atoms with Gasteiger partial charge in [0.05, 0.1) is 7.11 Å². The molecule has 0 radical (unpaired) electrons. The van der Waals surface area contributed by atoms with Crippen molar-refractivity contribution in [3.63, 3.8) is 0 Å². The van der Waals surface area contributed by atoms with Gasteiger partial charge in [0.1, 0.15) is 30.3 Å². The maximum atomic E-state index is 13.0. The van der Waals surface area contributed by atoms with E-state index in [1.807, 2.05) is 36.4 Å². The Hall–Kier alpha value is -4.60. The van der Waals surface area contributed by atoms with Gasteiger partial charge in [-0.1, -0.05) is 36.4 Å². The molecule has 0 bridgehead atoms. The smallest absolute Gasteiger partial charge is 0.328 e. The van der Waals surface area contributed by atoms with Gasteiger partial charge < -0.3 is 29.0 Å². The number of methoxy groups -OCH3 is 1. The lowest BCUT2D eigenvalue weighted by molar-refractivity contribution is -0.157. The molecule has 200 valence electrons. The first kappa shape index (κ1) is 28.0. The zero-order valence-electron chi connectivity index (χ0n) is 21.6. The molecule has 3 aromatic rings. The van der Waals surface area contributed by atoms with Crippen LogP contribution in [0.4, 0.5) is 0 Å². The Morgan fingerprint density at radius 2 is 1.55 bits per heavy atom. The summed E-state index contributed by atoms with van der Waals surface area (Å²) >= 11 is 0. The van der Waals surface area contributed by atoms with Gasteiger partial charge in [0, 0.05) is 19.2 Å². The lowest BCUT2D eigenvalue weighted by Gasteiger charge is -2.26. The molecule has 38 heavy (non-hydrogen) atoms. The number of aromatic nitrogens is 1. The third-order valence-corrected chi connectivity index (χ3v) is 5.26. The average Bonchev–Trinajstić information content (AvgIpc) is 2.91. The van der Waals surface area contributed by atoms with Crippen LogP contribution in [0.1, 0.15) is 31.3 Å². The first-order valence-electron chi connectivity index (χ1n) is 11.9. The highest BCUT2D eigenvalue weighted by Gasteiger charge is 2.29. The Kier molecular flexibility index (Phi) is 10.0. The number of ether oxygens (including phenoxy) is 5. The number of benzene rings is 2. The molecular formula is C28H30N2O8. The predicted octanol–water partition coefficient (Wildman–Crippen LogP) is 3.59. The summed E-state index contributed by atoms with van der Waals surface area (Å²) in [5.74, 6) is -0.949. The van der Waals surface area contributed by atoms with E-state index in [1.165, 1.54) is 33.2 Å². The molecule has 0 spiro atoms. The van der Waals surface area contributed by atoms with Gasteiger partial charge in [0.2, 0.25) is 5.75 Å². The molecule has 1 heterocycles. The summed E-state index contributed by atoms with van der Waals surface area (Å²) in [6.45, 7) is 4.42. The van der Waals surface area contributed by atoms with Crippen molar-refractivity contribution in [3.05, 3.63) is 78.6 Å². The van der Waals surface area contributed by atoms with Crippen molar-refractivity contribution >= 4 is 17.8 Å². The average molecular weight is 523 g/mol. The third-order valence-electron chi connectivity index (χ3n) is 5.26. The number of hydrogen-bond acceptors (Lipinski definition) is 9. The SMILES string of the molecule is COc1ccnc(C(=O)N[C@@H](C)C(=O)O[C@H](COc2ccccc2)[C@H](C)Oc2ccccc2)c1OC(C)=O. The van der Waals surface area contributed by atoms with Crippen LogP contribution in [0.15, 0.2) is 72.9 Å². The first-order chi connectivity index (χ1) is 18.3. The number of carbonyl (C=O) groups is 3. The van der Waals surface area contributed by atoms with Crippen molar-refractivity contribution < 1.29 is 38.1 Å². The molecule has 0 saturated carbocycles. The second-order valence-corrected chi connectivity index (χ2v) is 8.22. The van der Waals surface area contributed by atoms with E-state index in [-0.39, 0.29) is 23.8 Å². The lowest BCUT2D eigenvalue weighted by atomic mass is 10.2. The fourth-order valence-electron chi connectivity index (χ4n) is 3.32. The summed E-state index contributed by atoms with van der Waals surface area (Å²) in [5, 5.41) is 2.52. The van der Waals surface area contributed by atoms with Crippen LogP contribution in [-0.4, -0.2) is 54.8 Å². The van der Waals surface area contributed by atoms with Crippen molar-refractivity contribution in [2.75, 3.05) is 13.7 Å². The van der Waals surface area contributed by atoms with Crippen LogP contribution in [0.3, 0.4) is 0 Å². The maximum Gasteiger partial charge on any atom is 0.328 e. The van der Waals surface area contributed by atoms with E-state index < -0.39 is 36.1 Å². The number of hydrogen-bond donors (Lipinski definition) is 1. The molecule has 0 saturated heterocycles. The summed E-state index contributed by atoms with van der Waals surface area (Å²) < 4.78 is 27.8. The Morgan fingerprint density at radius 1 is 0.921 bits per heavy atom. The molecule has 3 atom stereocenters. The quantitative estimate of drug-likeness (QED) is 0.356. The number of amides is 1. The molecule has 10 nitrogen and oxygen atoms in total. The second-order valence-electron chi connectivity index (χ2n) is 8.22. The molecule has 3 rings (SSSR count). The Labute approximate surface area is 220 Å². The molecule has 1 aromatic heterocycles. The highest BCUT2D eigenvalue weighted by Crippen LogP contribution is 2.29. The van der Waals surface area contributed by atoms with Gasteiger partial charge in [0.25, 0.3) is 5.91 Å². The molecule has 0 aliphatic heterocycles. The topological polar surface area (TPSA) is 122 Å². The molecule has 1 N–H and O–H groups in total. The van der Waals surface area contributed by atoms with Gasteiger partial charge in [-0.2, -0.15) is 0 Å². The van der Waals surface area contributed by atoms with E-state index in [2.05, 4.69) is 10.3 Å². The van der Waals surface area contributed by atoms with Crippen molar-refractivity contribution in [3.8, 4) is 23.0 Å². The number of pyridine rings is 1. The van der Waals surface area contributed by atoms with E-state index in [9.17, 15) is 14.4 Å². The van der Waals surface area contributed by atoms with Crippen LogP contribution in [0.25, 0.3) is 0 Å². The molecule has 2 aromatic carbocycles. The largest absolute Gasteiger partial charge is 0.493 e. The Bertz CT molecular complexity index is 1220. The summed E-state index contributed by atoms with van der Waals surface area (Å²) in [6, 6.07) is 18.6. The number of esters is 2. The number of carbonyl (C=O) groups excluding carboxylic acids is 3. The molecule has 0 aliphatic carbocycles.